The van der Waals surface area contributed by atoms with Crippen molar-refractivity contribution in [1.82, 2.24) is 10.2 Å². The molecule has 114 valence electrons. The lowest BCUT2D eigenvalue weighted by Crippen LogP contribution is -2.65. The molecular formula is C16H28N2O2. The molecule has 4 nitrogen and oxygen atoms in total. The molecule has 2 rings (SSSR count). The Labute approximate surface area is 122 Å². The maximum absolute atomic E-state index is 12.7. The SMILES string of the molecule is CCCC1NC(=O)C(C)N(C2CCCC(C)(C)C2)C1=O. The van der Waals surface area contributed by atoms with Crippen molar-refractivity contribution in [3.63, 3.8) is 0 Å². The minimum absolute atomic E-state index is 0.00595. The fourth-order valence-electron chi connectivity index (χ4n) is 3.73. The Kier molecular flexibility index (Phi) is 4.40. The summed E-state index contributed by atoms with van der Waals surface area (Å²) in [6, 6.07) is -0.407. The second-order valence-electron chi connectivity index (χ2n) is 7.19. The highest BCUT2D eigenvalue weighted by Crippen LogP contribution is 2.38. The molecule has 1 N–H and O–H groups in total. The number of piperazine rings is 1. The van der Waals surface area contributed by atoms with Crippen molar-refractivity contribution in [2.45, 2.75) is 84.3 Å². The van der Waals surface area contributed by atoms with E-state index in [-0.39, 0.29) is 35.4 Å². The van der Waals surface area contributed by atoms with Crippen LogP contribution in [-0.2, 0) is 9.59 Å². The third-order valence-corrected chi connectivity index (χ3v) is 4.82. The van der Waals surface area contributed by atoms with Crippen molar-refractivity contribution in [1.29, 1.82) is 0 Å². The summed E-state index contributed by atoms with van der Waals surface area (Å²) in [7, 11) is 0. The molecule has 1 saturated carbocycles. The normalized spacial score (nSPS) is 34.0. The summed E-state index contributed by atoms with van der Waals surface area (Å²) in [6.45, 7) is 8.44. The Balaban J connectivity index is 2.18. The van der Waals surface area contributed by atoms with Crippen LogP contribution in [0.5, 0.6) is 0 Å². The van der Waals surface area contributed by atoms with E-state index in [2.05, 4.69) is 19.2 Å². The van der Waals surface area contributed by atoms with Crippen molar-refractivity contribution >= 4 is 11.8 Å². The lowest BCUT2D eigenvalue weighted by molar-refractivity contribution is -0.153. The predicted molar refractivity (Wildman–Crippen MR) is 79.2 cm³/mol. The smallest absolute Gasteiger partial charge is 0.246 e. The summed E-state index contributed by atoms with van der Waals surface area (Å²) < 4.78 is 0. The summed E-state index contributed by atoms with van der Waals surface area (Å²) in [4.78, 5) is 26.7. The van der Waals surface area contributed by atoms with Crippen LogP contribution in [0.3, 0.4) is 0 Å². The van der Waals surface area contributed by atoms with Crippen molar-refractivity contribution in [2.75, 3.05) is 0 Å². The van der Waals surface area contributed by atoms with E-state index in [1.165, 1.54) is 6.42 Å². The van der Waals surface area contributed by atoms with Gasteiger partial charge in [0.25, 0.3) is 0 Å². The fourth-order valence-corrected chi connectivity index (χ4v) is 3.73. The van der Waals surface area contributed by atoms with E-state index in [0.717, 1.165) is 32.1 Å². The molecule has 0 aromatic carbocycles. The van der Waals surface area contributed by atoms with Crippen LogP contribution in [0.2, 0.25) is 0 Å². The van der Waals surface area contributed by atoms with E-state index in [9.17, 15) is 9.59 Å². The molecule has 1 aliphatic heterocycles. The third-order valence-electron chi connectivity index (χ3n) is 4.82. The second-order valence-corrected chi connectivity index (χ2v) is 7.19. The summed E-state index contributed by atoms with van der Waals surface area (Å²) >= 11 is 0. The number of carbonyl (C=O) groups excluding carboxylic acids is 2. The molecule has 0 radical (unpaired) electrons. The quantitative estimate of drug-likeness (QED) is 0.863. The van der Waals surface area contributed by atoms with Gasteiger partial charge in [0.15, 0.2) is 0 Å². The van der Waals surface area contributed by atoms with E-state index in [0.29, 0.717) is 0 Å². The fraction of sp³-hybridized carbons (Fsp3) is 0.875. The van der Waals surface area contributed by atoms with Gasteiger partial charge in [-0.25, -0.2) is 0 Å². The highest BCUT2D eigenvalue weighted by Gasteiger charge is 2.43. The topological polar surface area (TPSA) is 49.4 Å². The van der Waals surface area contributed by atoms with E-state index in [1.54, 1.807) is 0 Å². The zero-order valence-electron chi connectivity index (χ0n) is 13.2. The maximum atomic E-state index is 12.7. The molecule has 2 aliphatic rings. The molecule has 4 heteroatoms. The van der Waals surface area contributed by atoms with E-state index in [1.807, 2.05) is 18.7 Å². The number of nitrogens with one attached hydrogen (secondary N) is 1. The van der Waals surface area contributed by atoms with Crippen LogP contribution in [-0.4, -0.2) is 34.8 Å². The Morgan fingerprint density at radius 3 is 2.65 bits per heavy atom. The maximum Gasteiger partial charge on any atom is 0.246 e. The van der Waals surface area contributed by atoms with Gasteiger partial charge in [-0.05, 0) is 38.0 Å². The molecule has 1 aliphatic carbocycles. The zero-order chi connectivity index (χ0) is 14.9. The average Bonchev–Trinajstić information content (AvgIpc) is 2.35. The van der Waals surface area contributed by atoms with Gasteiger partial charge in [-0.3, -0.25) is 9.59 Å². The van der Waals surface area contributed by atoms with Gasteiger partial charge in [0.2, 0.25) is 11.8 Å². The van der Waals surface area contributed by atoms with Crippen LogP contribution in [0, 0.1) is 5.41 Å². The molecule has 1 saturated heterocycles. The van der Waals surface area contributed by atoms with E-state index in [4.69, 9.17) is 0 Å². The molecule has 3 atom stereocenters. The number of hydrogen-bond donors (Lipinski definition) is 1. The minimum Gasteiger partial charge on any atom is -0.343 e. The van der Waals surface area contributed by atoms with Gasteiger partial charge < -0.3 is 10.2 Å². The first-order chi connectivity index (χ1) is 9.35. The largest absolute Gasteiger partial charge is 0.343 e. The van der Waals surface area contributed by atoms with Crippen LogP contribution in [0.15, 0.2) is 0 Å². The molecule has 0 spiro atoms. The summed E-state index contributed by atoms with van der Waals surface area (Å²) in [5.74, 6) is 0.132. The molecule has 0 aromatic rings. The van der Waals surface area contributed by atoms with Crippen LogP contribution < -0.4 is 5.32 Å². The van der Waals surface area contributed by atoms with Gasteiger partial charge in [0.1, 0.15) is 12.1 Å². The molecule has 0 bridgehead atoms. The first-order valence-corrected chi connectivity index (χ1v) is 7.98. The van der Waals surface area contributed by atoms with E-state index < -0.39 is 0 Å². The van der Waals surface area contributed by atoms with Gasteiger partial charge in [-0.15, -0.1) is 0 Å². The number of hydrogen-bond acceptors (Lipinski definition) is 2. The van der Waals surface area contributed by atoms with E-state index >= 15 is 0 Å². The van der Waals surface area contributed by atoms with Crippen LogP contribution in [0.25, 0.3) is 0 Å². The minimum atomic E-state index is -0.325. The monoisotopic (exact) mass is 280 g/mol. The number of amides is 2. The van der Waals surface area contributed by atoms with Crippen molar-refractivity contribution < 1.29 is 9.59 Å². The van der Waals surface area contributed by atoms with Gasteiger partial charge in [-0.2, -0.15) is 0 Å². The Hall–Kier alpha value is -1.06. The lowest BCUT2D eigenvalue weighted by atomic mass is 9.74. The lowest BCUT2D eigenvalue weighted by Gasteiger charge is -2.46. The summed E-state index contributed by atoms with van der Waals surface area (Å²) in [5.41, 5.74) is 0.275. The third kappa shape index (κ3) is 2.99. The first kappa shape index (κ1) is 15.3. The van der Waals surface area contributed by atoms with Crippen molar-refractivity contribution in [3.8, 4) is 0 Å². The highest BCUT2D eigenvalue weighted by atomic mass is 16.2. The predicted octanol–water partition coefficient (Wildman–Crippen LogP) is 2.47. The molecule has 2 amide bonds. The van der Waals surface area contributed by atoms with Crippen LogP contribution in [0.4, 0.5) is 0 Å². The molecule has 3 unspecified atom stereocenters. The standard InChI is InChI=1S/C16H28N2O2/c1-5-7-13-15(20)18(11(2)14(19)17-13)12-8-6-9-16(3,4)10-12/h11-13H,5-10H2,1-4H3,(H,17,19). The van der Waals surface area contributed by atoms with Gasteiger partial charge in [0.05, 0.1) is 0 Å². The molecular weight excluding hydrogens is 252 g/mol. The number of nitrogens with zero attached hydrogens (tertiary/aromatic N) is 1. The Morgan fingerprint density at radius 2 is 2.05 bits per heavy atom. The Morgan fingerprint density at radius 1 is 1.35 bits per heavy atom. The summed E-state index contributed by atoms with van der Waals surface area (Å²) in [5, 5.41) is 2.88. The highest BCUT2D eigenvalue weighted by molar-refractivity contribution is 5.96. The number of carbonyl (C=O) groups is 2. The van der Waals surface area contributed by atoms with Crippen LogP contribution in [0.1, 0.15) is 66.2 Å². The van der Waals surface area contributed by atoms with Gasteiger partial charge in [-0.1, -0.05) is 33.6 Å². The van der Waals surface area contributed by atoms with Gasteiger partial charge >= 0.3 is 0 Å². The van der Waals surface area contributed by atoms with Gasteiger partial charge in [0, 0.05) is 6.04 Å². The molecule has 20 heavy (non-hydrogen) atoms. The first-order valence-electron chi connectivity index (χ1n) is 7.98. The Bertz CT molecular complexity index is 392. The van der Waals surface area contributed by atoms with Crippen molar-refractivity contribution in [3.05, 3.63) is 0 Å². The second kappa shape index (κ2) is 5.74. The molecule has 0 aromatic heterocycles. The average molecular weight is 280 g/mol. The zero-order valence-corrected chi connectivity index (χ0v) is 13.2. The molecule has 1 heterocycles. The summed E-state index contributed by atoms with van der Waals surface area (Å²) in [6.07, 6.45) is 6.05. The van der Waals surface area contributed by atoms with Crippen molar-refractivity contribution in [2.24, 2.45) is 5.41 Å². The number of rotatable bonds is 3. The molecule has 2 fully saturated rings. The van der Waals surface area contributed by atoms with Crippen LogP contribution >= 0.6 is 0 Å².